The number of para-hydroxylation sites is 1. The Morgan fingerprint density at radius 2 is 2.04 bits per heavy atom. The number of carbonyl (C=O) groups is 1. The standard InChI is InChI=1S/C20H18N4O3S/c1-3-27-19(25)15-12-21-24(13-7-5-4-6-8-13)18(15)23-20-22-16-10-9-14(26-2)11-17(16)28-20/h4-12H,3H2,1-2H3,(H,22,23). The van der Waals surface area contributed by atoms with Gasteiger partial charge in [-0.2, -0.15) is 5.10 Å². The minimum atomic E-state index is -0.435. The molecule has 0 radical (unpaired) electrons. The van der Waals surface area contributed by atoms with Crippen LogP contribution in [0.4, 0.5) is 10.9 Å². The van der Waals surface area contributed by atoms with Crippen LogP contribution in [0.5, 0.6) is 5.75 Å². The van der Waals surface area contributed by atoms with Crippen LogP contribution in [-0.4, -0.2) is 34.5 Å². The van der Waals surface area contributed by atoms with Gasteiger partial charge in [0.25, 0.3) is 0 Å². The summed E-state index contributed by atoms with van der Waals surface area (Å²) in [7, 11) is 1.63. The molecule has 0 bridgehead atoms. The molecule has 4 rings (SSSR count). The smallest absolute Gasteiger partial charge is 0.343 e. The molecule has 0 saturated carbocycles. The SMILES string of the molecule is CCOC(=O)c1cnn(-c2ccccc2)c1Nc1nc2ccc(OC)cc2s1. The molecule has 0 fully saturated rings. The zero-order chi connectivity index (χ0) is 19.5. The Bertz CT molecular complexity index is 1120. The highest BCUT2D eigenvalue weighted by Gasteiger charge is 2.21. The lowest BCUT2D eigenvalue weighted by atomic mass is 10.3. The molecule has 0 unspecified atom stereocenters. The Hall–Kier alpha value is -3.39. The van der Waals surface area contributed by atoms with Crippen molar-refractivity contribution >= 4 is 38.5 Å². The third-order valence-electron chi connectivity index (χ3n) is 4.09. The minimum absolute atomic E-state index is 0.287. The molecule has 4 aromatic rings. The van der Waals surface area contributed by atoms with Crippen molar-refractivity contribution in [3.05, 3.63) is 60.3 Å². The van der Waals surface area contributed by atoms with E-state index in [-0.39, 0.29) is 6.61 Å². The van der Waals surface area contributed by atoms with Crippen LogP contribution >= 0.6 is 11.3 Å². The first-order valence-corrected chi connectivity index (χ1v) is 9.53. The van der Waals surface area contributed by atoms with E-state index in [1.165, 1.54) is 17.5 Å². The normalized spacial score (nSPS) is 10.8. The van der Waals surface area contributed by atoms with E-state index < -0.39 is 5.97 Å². The van der Waals surface area contributed by atoms with Crippen LogP contribution in [-0.2, 0) is 4.74 Å². The predicted octanol–water partition coefficient (Wildman–Crippen LogP) is 4.41. The molecule has 1 N–H and O–H groups in total. The van der Waals surface area contributed by atoms with Gasteiger partial charge in [-0.3, -0.25) is 0 Å². The van der Waals surface area contributed by atoms with Gasteiger partial charge in [0.15, 0.2) is 10.9 Å². The minimum Gasteiger partial charge on any atom is -0.497 e. The first kappa shape index (κ1) is 18.0. The van der Waals surface area contributed by atoms with Gasteiger partial charge in [-0.25, -0.2) is 14.5 Å². The van der Waals surface area contributed by atoms with Crippen LogP contribution in [0.15, 0.2) is 54.7 Å². The molecule has 8 heteroatoms. The Kier molecular flexibility index (Phi) is 4.94. The molecular formula is C20H18N4O3S. The lowest BCUT2D eigenvalue weighted by Crippen LogP contribution is -2.09. The van der Waals surface area contributed by atoms with Gasteiger partial charge < -0.3 is 14.8 Å². The van der Waals surface area contributed by atoms with Gasteiger partial charge in [-0.05, 0) is 37.3 Å². The molecule has 0 atom stereocenters. The van der Waals surface area contributed by atoms with Gasteiger partial charge in [0.1, 0.15) is 11.3 Å². The Balaban J connectivity index is 1.76. The first-order valence-electron chi connectivity index (χ1n) is 8.71. The molecular weight excluding hydrogens is 376 g/mol. The zero-order valence-corrected chi connectivity index (χ0v) is 16.2. The molecule has 2 aromatic heterocycles. The van der Waals surface area contributed by atoms with E-state index in [1.807, 2.05) is 48.5 Å². The number of thiazole rings is 1. The third-order valence-corrected chi connectivity index (χ3v) is 5.02. The number of nitrogens with one attached hydrogen (secondary N) is 1. The average Bonchev–Trinajstić information content (AvgIpc) is 3.32. The van der Waals surface area contributed by atoms with E-state index in [0.29, 0.717) is 16.5 Å². The van der Waals surface area contributed by atoms with Crippen molar-refractivity contribution in [2.45, 2.75) is 6.92 Å². The Morgan fingerprint density at radius 3 is 2.79 bits per heavy atom. The summed E-state index contributed by atoms with van der Waals surface area (Å²) in [5.74, 6) is 0.842. The van der Waals surface area contributed by atoms with Crippen molar-refractivity contribution in [3.8, 4) is 11.4 Å². The monoisotopic (exact) mass is 394 g/mol. The van der Waals surface area contributed by atoms with E-state index in [9.17, 15) is 4.79 Å². The number of benzene rings is 2. The molecule has 2 heterocycles. The average molecular weight is 394 g/mol. The van der Waals surface area contributed by atoms with Crippen LogP contribution in [0.1, 0.15) is 17.3 Å². The molecule has 7 nitrogen and oxygen atoms in total. The molecule has 2 aromatic carbocycles. The number of aromatic nitrogens is 3. The van der Waals surface area contributed by atoms with Crippen molar-refractivity contribution < 1.29 is 14.3 Å². The lowest BCUT2D eigenvalue weighted by Gasteiger charge is -2.10. The van der Waals surface area contributed by atoms with Crippen LogP contribution in [0.25, 0.3) is 15.9 Å². The summed E-state index contributed by atoms with van der Waals surface area (Å²) in [6.45, 7) is 2.06. The number of rotatable bonds is 6. The first-order chi connectivity index (χ1) is 13.7. The predicted molar refractivity (Wildman–Crippen MR) is 109 cm³/mol. The summed E-state index contributed by atoms with van der Waals surface area (Å²) < 4.78 is 13.1. The molecule has 142 valence electrons. The summed E-state index contributed by atoms with van der Waals surface area (Å²) in [5, 5.41) is 8.27. The third kappa shape index (κ3) is 3.41. The largest absolute Gasteiger partial charge is 0.497 e. The van der Waals surface area contributed by atoms with Gasteiger partial charge in [0.05, 0.1) is 35.8 Å². The van der Waals surface area contributed by atoms with Crippen LogP contribution in [0, 0.1) is 0 Å². The van der Waals surface area contributed by atoms with Gasteiger partial charge in [-0.1, -0.05) is 29.5 Å². The second-order valence-corrected chi connectivity index (χ2v) is 6.88. The molecule has 0 aliphatic heterocycles. The molecule has 0 spiro atoms. The highest BCUT2D eigenvalue weighted by molar-refractivity contribution is 7.22. The van der Waals surface area contributed by atoms with Gasteiger partial charge in [0, 0.05) is 0 Å². The molecule has 0 aliphatic rings. The van der Waals surface area contributed by atoms with Crippen molar-refractivity contribution in [1.29, 1.82) is 0 Å². The second kappa shape index (κ2) is 7.69. The topological polar surface area (TPSA) is 78.3 Å². The quantitative estimate of drug-likeness (QED) is 0.488. The Labute approximate surface area is 165 Å². The molecule has 0 saturated heterocycles. The number of hydrogen-bond acceptors (Lipinski definition) is 7. The Morgan fingerprint density at radius 1 is 1.21 bits per heavy atom. The fourth-order valence-corrected chi connectivity index (χ4v) is 3.67. The van der Waals surface area contributed by atoms with E-state index in [1.54, 1.807) is 18.7 Å². The maximum atomic E-state index is 12.4. The maximum absolute atomic E-state index is 12.4. The van der Waals surface area contributed by atoms with Crippen LogP contribution in [0.2, 0.25) is 0 Å². The number of methoxy groups -OCH3 is 1. The number of hydrogen-bond donors (Lipinski definition) is 1. The molecule has 0 aliphatic carbocycles. The van der Waals surface area contributed by atoms with Gasteiger partial charge in [0.2, 0.25) is 0 Å². The van der Waals surface area contributed by atoms with E-state index in [2.05, 4.69) is 15.4 Å². The fourth-order valence-electron chi connectivity index (χ4n) is 2.78. The molecule has 0 amide bonds. The number of ether oxygens (including phenoxy) is 2. The zero-order valence-electron chi connectivity index (χ0n) is 15.4. The number of fused-ring (bicyclic) bond motifs is 1. The number of anilines is 2. The summed E-state index contributed by atoms with van der Waals surface area (Å²) in [5.41, 5.74) is 2.02. The van der Waals surface area contributed by atoms with Gasteiger partial charge >= 0.3 is 5.97 Å². The number of carbonyl (C=O) groups excluding carboxylic acids is 1. The van der Waals surface area contributed by atoms with Crippen molar-refractivity contribution in [2.24, 2.45) is 0 Å². The van der Waals surface area contributed by atoms with Crippen molar-refractivity contribution in [1.82, 2.24) is 14.8 Å². The fraction of sp³-hybridized carbons (Fsp3) is 0.150. The van der Waals surface area contributed by atoms with Crippen LogP contribution < -0.4 is 10.1 Å². The van der Waals surface area contributed by atoms with Gasteiger partial charge in [-0.15, -0.1) is 0 Å². The van der Waals surface area contributed by atoms with Crippen LogP contribution in [0.3, 0.4) is 0 Å². The summed E-state index contributed by atoms with van der Waals surface area (Å²) in [6, 6.07) is 15.3. The summed E-state index contributed by atoms with van der Waals surface area (Å²) in [6.07, 6.45) is 1.50. The van der Waals surface area contributed by atoms with E-state index >= 15 is 0 Å². The van der Waals surface area contributed by atoms with E-state index in [0.717, 1.165) is 21.7 Å². The lowest BCUT2D eigenvalue weighted by molar-refractivity contribution is 0.0527. The number of esters is 1. The van der Waals surface area contributed by atoms with Crippen molar-refractivity contribution in [2.75, 3.05) is 19.0 Å². The second-order valence-electron chi connectivity index (χ2n) is 5.85. The molecule has 28 heavy (non-hydrogen) atoms. The van der Waals surface area contributed by atoms with E-state index in [4.69, 9.17) is 9.47 Å². The van der Waals surface area contributed by atoms with Crippen molar-refractivity contribution in [3.63, 3.8) is 0 Å². The highest BCUT2D eigenvalue weighted by Crippen LogP contribution is 2.32. The number of nitrogens with zero attached hydrogens (tertiary/aromatic N) is 3. The highest BCUT2D eigenvalue weighted by atomic mass is 32.1. The maximum Gasteiger partial charge on any atom is 0.343 e. The summed E-state index contributed by atoms with van der Waals surface area (Å²) >= 11 is 1.47. The summed E-state index contributed by atoms with van der Waals surface area (Å²) in [4.78, 5) is 17.0.